The largest absolute Gasteiger partial charge is 0.394 e. The van der Waals surface area contributed by atoms with E-state index in [0.29, 0.717) is 0 Å². The first-order chi connectivity index (χ1) is 9.16. The fourth-order valence-corrected chi connectivity index (χ4v) is 3.58. The van der Waals surface area contributed by atoms with E-state index in [2.05, 4.69) is 8.62 Å². The maximum absolute atomic E-state index is 11.4. The summed E-state index contributed by atoms with van der Waals surface area (Å²) in [6, 6.07) is 0. The van der Waals surface area contributed by atoms with E-state index in [1.807, 2.05) is 0 Å². The zero-order valence-corrected chi connectivity index (χ0v) is 12.6. The van der Waals surface area contributed by atoms with Crippen LogP contribution in [0.5, 0.6) is 0 Å². The molecular formula is C9H19NO8S2. The quantitative estimate of drug-likeness (QED) is 0.383. The normalized spacial score (nSPS) is 14.0. The third-order valence-corrected chi connectivity index (χ3v) is 5.31. The average Bonchev–Trinajstić information content (AvgIpc) is 2.33. The first-order valence-electron chi connectivity index (χ1n) is 5.68. The molecule has 0 aliphatic heterocycles. The van der Waals surface area contributed by atoms with Gasteiger partial charge in [0.25, 0.3) is 20.2 Å². The highest BCUT2D eigenvalue weighted by molar-refractivity contribution is 8.00. The van der Waals surface area contributed by atoms with E-state index in [9.17, 15) is 16.8 Å². The van der Waals surface area contributed by atoms with Gasteiger partial charge in [-0.1, -0.05) is 6.92 Å². The molecule has 0 aromatic carbocycles. The molecule has 0 saturated heterocycles. The molecule has 0 amide bonds. The predicted octanol–water partition coefficient (Wildman–Crippen LogP) is -2.14. The Morgan fingerprint density at radius 2 is 1.55 bits per heavy atom. The smallest absolute Gasteiger partial charge is 0.286 e. The molecule has 0 bridgehead atoms. The van der Waals surface area contributed by atoms with Crippen LogP contribution >= 0.6 is 0 Å². The summed E-state index contributed by atoms with van der Waals surface area (Å²) >= 11 is 0. The highest BCUT2D eigenvalue weighted by Crippen LogP contribution is 2.08. The van der Waals surface area contributed by atoms with Crippen LogP contribution in [-0.2, 0) is 23.9 Å². The predicted molar refractivity (Wildman–Crippen MR) is 71.4 cm³/mol. The van der Waals surface area contributed by atoms with Gasteiger partial charge in [0.1, 0.15) is 11.3 Å². The number of aliphatic imine (C=N–C) groups is 1. The number of hydrogen-bond acceptors (Lipinski definition) is 9. The van der Waals surface area contributed by atoms with Crippen LogP contribution in [0.4, 0.5) is 0 Å². The first kappa shape index (κ1) is 19.4. The van der Waals surface area contributed by atoms with Crippen molar-refractivity contribution in [3.05, 3.63) is 0 Å². The van der Waals surface area contributed by atoms with E-state index in [1.165, 1.54) is 0 Å². The summed E-state index contributed by atoms with van der Waals surface area (Å²) in [5.74, 6) is -1.30. The minimum absolute atomic E-state index is 0.203. The minimum Gasteiger partial charge on any atom is -0.394 e. The van der Waals surface area contributed by atoms with Gasteiger partial charge in [0, 0.05) is 6.21 Å². The summed E-state index contributed by atoms with van der Waals surface area (Å²) in [6.45, 7) is -0.560. The second kappa shape index (κ2) is 8.00. The van der Waals surface area contributed by atoms with E-state index in [1.54, 1.807) is 6.92 Å². The van der Waals surface area contributed by atoms with Gasteiger partial charge in [-0.05, 0) is 6.42 Å². The number of rotatable bonds is 10. The molecule has 0 atom stereocenters. The lowest BCUT2D eigenvalue weighted by molar-refractivity contribution is 0.0718. The molecule has 0 aliphatic carbocycles. The maximum atomic E-state index is 11.4. The Bertz CT molecular complexity index is 498. The lowest BCUT2D eigenvalue weighted by atomic mass is 10.1. The minimum atomic E-state index is -4.39. The van der Waals surface area contributed by atoms with Crippen molar-refractivity contribution in [1.29, 1.82) is 0 Å². The van der Waals surface area contributed by atoms with Gasteiger partial charge in [0.2, 0.25) is 0 Å². The molecule has 9 nitrogen and oxygen atoms in total. The fourth-order valence-electron chi connectivity index (χ4n) is 1.06. The van der Waals surface area contributed by atoms with Crippen LogP contribution in [0.1, 0.15) is 13.3 Å². The van der Waals surface area contributed by atoms with Crippen LogP contribution in [0.3, 0.4) is 0 Å². The third kappa shape index (κ3) is 6.72. The van der Waals surface area contributed by atoms with Crippen LogP contribution < -0.4 is 0 Å². The van der Waals surface area contributed by atoms with Crippen molar-refractivity contribution in [3.63, 3.8) is 0 Å². The molecule has 11 heteroatoms. The summed E-state index contributed by atoms with van der Waals surface area (Å²) in [7, 11) is -8.56. The van der Waals surface area contributed by atoms with Crippen LogP contribution in [0.2, 0.25) is 0 Å². The van der Waals surface area contributed by atoms with Crippen LogP contribution in [0.15, 0.2) is 4.99 Å². The van der Waals surface area contributed by atoms with E-state index >= 15 is 0 Å². The highest BCUT2D eigenvalue weighted by atomic mass is 32.3. The Hall–Kier alpha value is -0.590. The molecule has 0 unspecified atom stereocenters. The number of hydrogen-bond donors (Lipinski definition) is 3. The van der Waals surface area contributed by atoms with Crippen LogP contribution in [0.25, 0.3) is 0 Å². The maximum Gasteiger partial charge on any atom is 0.286 e. The monoisotopic (exact) mass is 333 g/mol. The number of aliphatic hydroxyl groups excluding tert-OH is 3. The van der Waals surface area contributed by atoms with E-state index in [-0.39, 0.29) is 6.42 Å². The van der Waals surface area contributed by atoms with Crippen molar-refractivity contribution < 1.29 is 35.8 Å². The molecule has 0 fully saturated rings. The molecule has 0 spiro atoms. The van der Waals surface area contributed by atoms with Gasteiger partial charge in [-0.25, -0.2) is 0 Å². The second-order valence-corrected chi connectivity index (χ2v) is 7.58. The Morgan fingerprint density at radius 3 is 1.95 bits per heavy atom. The summed E-state index contributed by atoms with van der Waals surface area (Å²) in [5.41, 5.74) is -1.61. The molecular weight excluding hydrogens is 314 g/mol. The zero-order valence-electron chi connectivity index (χ0n) is 11.0. The lowest BCUT2D eigenvalue weighted by Crippen LogP contribution is -2.40. The number of nitrogens with zero attached hydrogens (tertiary/aromatic N) is 1. The summed E-state index contributed by atoms with van der Waals surface area (Å²) in [4.78, 5) is 3.54. The molecule has 3 N–H and O–H groups in total. The van der Waals surface area contributed by atoms with Crippen molar-refractivity contribution >= 4 is 26.5 Å². The van der Waals surface area contributed by atoms with Crippen LogP contribution in [0, 0.1) is 0 Å². The second-order valence-electron chi connectivity index (χ2n) is 4.06. The Kier molecular flexibility index (Phi) is 7.76. The SMILES string of the molecule is CCCS(=O)(=O)OS(=O)(=O)CC=NC(CO)(CO)CO. The van der Waals surface area contributed by atoms with E-state index < -0.39 is 57.1 Å². The molecule has 0 aromatic rings. The third-order valence-electron chi connectivity index (χ3n) is 2.19. The molecule has 0 aliphatic rings. The fraction of sp³-hybridized carbons (Fsp3) is 0.889. The first-order valence-corrected chi connectivity index (χ1v) is 8.84. The standard InChI is InChI=1S/C9H19NO8S2/c1-2-4-19(14,15)18-20(16,17)5-3-10-9(6-11,7-12)8-13/h3,11-13H,2,4-8H2,1H3. The topological polar surface area (TPSA) is 151 Å². The molecule has 0 aromatic heterocycles. The lowest BCUT2D eigenvalue weighted by Gasteiger charge is -2.21. The Labute approximate surface area is 118 Å². The highest BCUT2D eigenvalue weighted by Gasteiger charge is 2.27. The van der Waals surface area contributed by atoms with Crippen LogP contribution in [-0.4, -0.2) is 75.2 Å². The van der Waals surface area contributed by atoms with E-state index in [4.69, 9.17) is 15.3 Å². The Balaban J connectivity index is 4.80. The Morgan fingerprint density at radius 1 is 1.05 bits per heavy atom. The van der Waals surface area contributed by atoms with Crippen molar-refractivity contribution in [1.82, 2.24) is 0 Å². The van der Waals surface area contributed by atoms with E-state index in [0.717, 1.165) is 6.21 Å². The zero-order chi connectivity index (χ0) is 15.9. The van der Waals surface area contributed by atoms with Gasteiger partial charge in [-0.15, -0.1) is 3.63 Å². The van der Waals surface area contributed by atoms with Crippen molar-refractivity contribution in [3.8, 4) is 0 Å². The summed E-state index contributed by atoms with van der Waals surface area (Å²) < 4.78 is 49.2. The van der Waals surface area contributed by atoms with Gasteiger partial charge in [-0.3, -0.25) is 4.99 Å². The molecule has 0 rings (SSSR count). The van der Waals surface area contributed by atoms with Crippen molar-refractivity contribution in [2.24, 2.45) is 4.99 Å². The molecule has 20 heavy (non-hydrogen) atoms. The van der Waals surface area contributed by atoms with Gasteiger partial charge >= 0.3 is 0 Å². The summed E-state index contributed by atoms with van der Waals surface area (Å²) in [5, 5.41) is 26.9. The van der Waals surface area contributed by atoms with Gasteiger partial charge < -0.3 is 15.3 Å². The molecule has 0 saturated carbocycles. The average molecular weight is 333 g/mol. The molecule has 0 heterocycles. The number of aliphatic hydroxyl groups is 3. The van der Waals surface area contributed by atoms with Gasteiger partial charge in [-0.2, -0.15) is 16.8 Å². The molecule has 120 valence electrons. The van der Waals surface area contributed by atoms with Gasteiger partial charge in [0.05, 0.1) is 25.6 Å². The van der Waals surface area contributed by atoms with Gasteiger partial charge in [0.15, 0.2) is 0 Å². The van der Waals surface area contributed by atoms with Crippen molar-refractivity contribution in [2.75, 3.05) is 31.3 Å². The molecule has 0 radical (unpaired) electrons. The van der Waals surface area contributed by atoms with Crippen molar-refractivity contribution in [2.45, 2.75) is 18.9 Å². The summed E-state index contributed by atoms with van der Waals surface area (Å²) in [6.07, 6.45) is 0.966.